The quantitative estimate of drug-likeness (QED) is 0.200. The number of halogens is 3. The Labute approximate surface area is 285 Å². The summed E-state index contributed by atoms with van der Waals surface area (Å²) in [4.78, 5) is 12.4. The molecule has 5 heterocycles. The number of benzene rings is 2. The van der Waals surface area contributed by atoms with Crippen LogP contribution in [0.4, 0.5) is 14.6 Å². The van der Waals surface area contributed by atoms with Crippen molar-refractivity contribution in [1.29, 1.82) is 0 Å². The van der Waals surface area contributed by atoms with Crippen LogP contribution in [0.1, 0.15) is 72.6 Å². The van der Waals surface area contributed by atoms with Crippen molar-refractivity contribution in [3.63, 3.8) is 0 Å². The molecular weight excluding hydrogens is 678 g/mol. The number of piperazine rings is 1. The van der Waals surface area contributed by atoms with Gasteiger partial charge in [-0.25, -0.2) is 18.7 Å². The molecule has 2 aromatic heterocycles. The van der Waals surface area contributed by atoms with Crippen molar-refractivity contribution >= 4 is 51.6 Å². The van der Waals surface area contributed by atoms with Crippen molar-refractivity contribution in [3.05, 3.63) is 51.6 Å². The molecule has 4 aromatic rings. The van der Waals surface area contributed by atoms with Crippen LogP contribution in [-0.4, -0.2) is 49.1 Å². The Morgan fingerprint density at radius 3 is 2.36 bits per heavy atom. The van der Waals surface area contributed by atoms with Crippen molar-refractivity contribution in [3.8, 4) is 22.9 Å². The lowest BCUT2D eigenvalue weighted by Crippen LogP contribution is -2.62. The third-order valence-corrected chi connectivity index (χ3v) is 18.1. The maximum Gasteiger partial charge on any atom is 0.258 e. The summed E-state index contributed by atoms with van der Waals surface area (Å²) in [7, 11) is -2.38. The first-order valence-electron chi connectivity index (χ1n) is 17.0. The highest BCUT2D eigenvalue weighted by Gasteiger charge is 2.48. The van der Waals surface area contributed by atoms with E-state index in [1.165, 1.54) is 6.07 Å². The van der Waals surface area contributed by atoms with Crippen LogP contribution in [0.25, 0.3) is 32.8 Å². The molecule has 1 N–H and O–H groups in total. The first-order chi connectivity index (χ1) is 22.2. The zero-order valence-electron chi connectivity index (χ0n) is 28.8. The number of pyridine rings is 2. The number of ether oxygens (including phenoxy) is 1. The normalized spacial score (nSPS) is 22.4. The molecule has 47 heavy (non-hydrogen) atoms. The minimum atomic E-state index is -2.38. The molecule has 2 saturated heterocycles. The summed E-state index contributed by atoms with van der Waals surface area (Å²) in [6.07, 6.45) is 1.94. The number of nitrogens with zero attached hydrogens (tertiary/aromatic N) is 3. The molecule has 0 aliphatic carbocycles. The molecule has 2 fully saturated rings. The molecule has 3 aliphatic rings. The third kappa shape index (κ3) is 4.90. The van der Waals surface area contributed by atoms with Gasteiger partial charge in [0.05, 0.1) is 15.9 Å². The van der Waals surface area contributed by atoms with Crippen LogP contribution in [0.2, 0.25) is 16.6 Å². The Morgan fingerprint density at radius 1 is 0.979 bits per heavy atom. The van der Waals surface area contributed by atoms with Gasteiger partial charge in [-0.05, 0) is 95.3 Å². The van der Waals surface area contributed by atoms with Crippen LogP contribution in [-0.2, 0) is 0 Å². The monoisotopic (exact) mass is 722 g/mol. The summed E-state index contributed by atoms with van der Waals surface area (Å²) < 4.78 is 46.8. The Morgan fingerprint density at radius 2 is 1.68 bits per heavy atom. The average molecular weight is 724 g/mol. The smallest absolute Gasteiger partial charge is 0.258 e. The van der Waals surface area contributed by atoms with E-state index in [0.29, 0.717) is 56.0 Å². The van der Waals surface area contributed by atoms with E-state index < -0.39 is 20.0 Å². The Balaban J connectivity index is 1.52. The van der Waals surface area contributed by atoms with E-state index in [-0.39, 0.29) is 28.4 Å². The summed E-state index contributed by atoms with van der Waals surface area (Å²) in [6.45, 7) is 20.1. The van der Waals surface area contributed by atoms with Crippen LogP contribution in [0.15, 0.2) is 28.7 Å². The van der Waals surface area contributed by atoms with Crippen molar-refractivity contribution in [1.82, 2.24) is 15.3 Å². The average Bonchev–Trinajstić information content (AvgIpc) is 3.34. The summed E-state index contributed by atoms with van der Waals surface area (Å²) in [5.74, 6) is 0.861. The van der Waals surface area contributed by atoms with Gasteiger partial charge in [0.2, 0.25) is 5.88 Å². The fourth-order valence-electron chi connectivity index (χ4n) is 9.12. The number of nitrogens with one attached hydrogen (secondary N) is 1. The molecule has 0 unspecified atom stereocenters. The van der Waals surface area contributed by atoms with Crippen molar-refractivity contribution in [2.24, 2.45) is 0 Å². The second-order valence-corrected chi connectivity index (χ2v) is 21.0. The maximum atomic E-state index is 17.4. The second kappa shape index (κ2) is 11.7. The molecule has 250 valence electrons. The van der Waals surface area contributed by atoms with Crippen molar-refractivity contribution in [2.45, 2.75) is 116 Å². The molecule has 4 atom stereocenters. The van der Waals surface area contributed by atoms with Gasteiger partial charge in [-0.15, -0.1) is 0 Å². The van der Waals surface area contributed by atoms with Gasteiger partial charge in [0.25, 0.3) is 8.32 Å². The van der Waals surface area contributed by atoms with Crippen LogP contribution >= 0.6 is 15.9 Å². The Kier molecular flexibility index (Phi) is 8.11. The van der Waals surface area contributed by atoms with Gasteiger partial charge < -0.3 is 19.4 Å². The van der Waals surface area contributed by atoms with E-state index in [9.17, 15) is 0 Å². The summed E-state index contributed by atoms with van der Waals surface area (Å²) in [5, 5.41) is 6.12. The lowest BCUT2D eigenvalue weighted by molar-refractivity contribution is 0.155. The standard InChI is InChI=1S/C37H45BrF2N4O2Si/c1-17(2)47(18(3)4,19(5)6)46-25-14-23-10-12-27(39)32(38)30(23)26(15-25)34-33(40)29-20(7)21(8)41-36-31(29)37(43-34)45-22(9)35-28-13-11-24(42-28)16-44(35)36/h10,12,14-15,17-19,22,24,28,35,42H,11,13,16H2,1-9H3/t22-,24+,28-,35+/m0/s1. The summed E-state index contributed by atoms with van der Waals surface area (Å²) in [5.41, 5.74) is 3.09. The van der Waals surface area contributed by atoms with Gasteiger partial charge in [-0.3, -0.25) is 0 Å². The molecule has 10 heteroatoms. The molecular formula is C37H45BrF2N4O2Si. The van der Waals surface area contributed by atoms with Crippen molar-refractivity contribution in [2.75, 3.05) is 11.4 Å². The first-order valence-corrected chi connectivity index (χ1v) is 20.0. The van der Waals surface area contributed by atoms with E-state index in [2.05, 4.69) is 74.6 Å². The van der Waals surface area contributed by atoms with E-state index in [0.717, 1.165) is 41.8 Å². The number of rotatable bonds is 6. The van der Waals surface area contributed by atoms with E-state index in [4.69, 9.17) is 19.1 Å². The zero-order chi connectivity index (χ0) is 33.7. The lowest BCUT2D eigenvalue weighted by atomic mass is 9.97. The van der Waals surface area contributed by atoms with Gasteiger partial charge >= 0.3 is 0 Å². The van der Waals surface area contributed by atoms with Crippen LogP contribution < -0.4 is 19.4 Å². The SMILES string of the molecule is Cc1nc2c3c(nc(-c4cc(O[Si](C(C)C)(C(C)C)C(C)C)cc5ccc(F)c(Br)c45)c(F)c3c1C)O[C@@H](C)[C@@H]1[C@@H]3CC[C@H](CN21)N3. The lowest BCUT2D eigenvalue weighted by Gasteiger charge is -2.43. The topological polar surface area (TPSA) is 59.5 Å². The molecule has 0 spiro atoms. The molecule has 0 saturated carbocycles. The third-order valence-electron chi connectivity index (χ3n) is 11.3. The Bertz CT molecular complexity index is 1900. The van der Waals surface area contributed by atoms with Gasteiger partial charge in [-0.1, -0.05) is 47.6 Å². The first kappa shape index (κ1) is 32.7. The van der Waals surface area contributed by atoms with Crippen LogP contribution in [0.5, 0.6) is 11.6 Å². The predicted molar refractivity (Wildman–Crippen MR) is 192 cm³/mol. The van der Waals surface area contributed by atoms with E-state index >= 15 is 8.78 Å². The minimum Gasteiger partial charge on any atom is -0.543 e. The predicted octanol–water partition coefficient (Wildman–Crippen LogP) is 9.75. The second-order valence-electron chi connectivity index (χ2n) is 14.8. The van der Waals surface area contributed by atoms with Crippen molar-refractivity contribution < 1.29 is 17.9 Å². The number of fused-ring (bicyclic) bond motifs is 6. The minimum absolute atomic E-state index is 0.0363. The summed E-state index contributed by atoms with van der Waals surface area (Å²) in [6, 6.07) is 7.65. The molecule has 2 bridgehead atoms. The van der Waals surface area contributed by atoms with Crippen LogP contribution in [0, 0.1) is 25.5 Å². The molecule has 3 aliphatic heterocycles. The fraction of sp³-hybridized carbons (Fsp3) is 0.514. The van der Waals surface area contributed by atoms with Gasteiger partial charge in [0.15, 0.2) is 5.82 Å². The number of hydrogen-bond acceptors (Lipinski definition) is 6. The highest BCUT2D eigenvalue weighted by molar-refractivity contribution is 9.10. The fourth-order valence-corrected chi connectivity index (χ4v) is 14.9. The number of anilines is 1. The molecule has 0 amide bonds. The largest absolute Gasteiger partial charge is 0.543 e. The summed E-state index contributed by atoms with van der Waals surface area (Å²) >= 11 is 3.51. The van der Waals surface area contributed by atoms with Gasteiger partial charge in [0, 0.05) is 40.7 Å². The number of aryl methyl sites for hydroxylation is 2. The van der Waals surface area contributed by atoms with Gasteiger partial charge in [0.1, 0.15) is 29.2 Å². The molecule has 2 aromatic carbocycles. The van der Waals surface area contributed by atoms with E-state index in [1.54, 1.807) is 6.07 Å². The molecule has 6 nitrogen and oxygen atoms in total. The highest BCUT2D eigenvalue weighted by Crippen LogP contribution is 2.49. The van der Waals surface area contributed by atoms with E-state index in [1.807, 2.05) is 26.0 Å². The number of aromatic nitrogens is 2. The molecule has 7 rings (SSSR count). The maximum absolute atomic E-state index is 17.4. The Hall–Kier alpha value is -2.82. The highest BCUT2D eigenvalue weighted by atomic mass is 79.9. The van der Waals surface area contributed by atoms with Crippen LogP contribution in [0.3, 0.4) is 0 Å². The van der Waals surface area contributed by atoms with Gasteiger partial charge in [-0.2, -0.15) is 0 Å². The zero-order valence-corrected chi connectivity index (χ0v) is 31.4. The number of hydrogen-bond donors (Lipinski definition) is 1. The molecule has 0 radical (unpaired) electrons.